The number of hydrogen-bond acceptors (Lipinski definition) is 4. The number of rotatable bonds is 2. The SMILES string of the molecule is CCS(=O)(=O)N1CC(=O)NC(=O)C1(C)C. The highest BCUT2D eigenvalue weighted by atomic mass is 32.2. The molecular formula is C8H14N2O4S. The maximum absolute atomic E-state index is 11.7. The molecule has 1 saturated heterocycles. The van der Waals surface area contributed by atoms with Crippen molar-refractivity contribution in [1.29, 1.82) is 0 Å². The summed E-state index contributed by atoms with van der Waals surface area (Å²) in [7, 11) is -3.54. The van der Waals surface area contributed by atoms with Crippen molar-refractivity contribution in [2.75, 3.05) is 12.3 Å². The molecule has 1 fully saturated rings. The monoisotopic (exact) mass is 234 g/mol. The zero-order chi connectivity index (χ0) is 11.9. The van der Waals surface area contributed by atoms with Gasteiger partial charge in [0, 0.05) is 0 Å². The molecule has 6 nitrogen and oxygen atoms in total. The van der Waals surface area contributed by atoms with E-state index in [2.05, 4.69) is 5.32 Å². The molecule has 0 spiro atoms. The molecule has 1 N–H and O–H groups in total. The average molecular weight is 234 g/mol. The van der Waals surface area contributed by atoms with E-state index in [9.17, 15) is 18.0 Å². The van der Waals surface area contributed by atoms with Gasteiger partial charge >= 0.3 is 0 Å². The van der Waals surface area contributed by atoms with Crippen molar-refractivity contribution < 1.29 is 18.0 Å². The standard InChI is InChI=1S/C8H14N2O4S/c1-4-15(13,14)10-5-6(11)9-7(12)8(10,2)3/h4-5H2,1-3H3,(H,9,11,12). The molecule has 0 saturated carbocycles. The summed E-state index contributed by atoms with van der Waals surface area (Å²) in [5, 5.41) is 2.11. The van der Waals surface area contributed by atoms with Crippen LogP contribution in [-0.2, 0) is 19.6 Å². The molecule has 0 atom stereocenters. The number of nitrogens with one attached hydrogen (secondary N) is 1. The Labute approximate surface area is 88.7 Å². The van der Waals surface area contributed by atoms with Gasteiger partial charge in [0.25, 0.3) is 0 Å². The first-order chi connectivity index (χ1) is 6.71. The molecule has 15 heavy (non-hydrogen) atoms. The first kappa shape index (κ1) is 12.1. The van der Waals surface area contributed by atoms with E-state index < -0.39 is 27.4 Å². The molecule has 86 valence electrons. The van der Waals surface area contributed by atoms with Gasteiger partial charge in [0.15, 0.2) is 0 Å². The number of carbonyl (C=O) groups is 2. The molecule has 2 amide bonds. The van der Waals surface area contributed by atoms with Gasteiger partial charge in [-0.3, -0.25) is 14.9 Å². The van der Waals surface area contributed by atoms with E-state index in [-0.39, 0.29) is 12.3 Å². The molecule has 1 rings (SSSR count). The van der Waals surface area contributed by atoms with Crippen molar-refractivity contribution in [3.8, 4) is 0 Å². The Kier molecular flexibility index (Phi) is 2.88. The average Bonchev–Trinajstić information content (AvgIpc) is 2.11. The summed E-state index contributed by atoms with van der Waals surface area (Å²) in [6, 6.07) is 0. The second-order valence-electron chi connectivity index (χ2n) is 3.84. The Balaban J connectivity index is 3.16. The van der Waals surface area contributed by atoms with Crippen LogP contribution in [0.1, 0.15) is 20.8 Å². The summed E-state index contributed by atoms with van der Waals surface area (Å²) < 4.78 is 24.3. The molecule has 1 heterocycles. The van der Waals surface area contributed by atoms with E-state index in [1.807, 2.05) is 0 Å². The number of imide groups is 1. The lowest BCUT2D eigenvalue weighted by Gasteiger charge is -2.38. The molecule has 0 bridgehead atoms. The molecule has 0 aromatic carbocycles. The van der Waals surface area contributed by atoms with E-state index in [4.69, 9.17) is 0 Å². The van der Waals surface area contributed by atoms with Gasteiger partial charge < -0.3 is 0 Å². The van der Waals surface area contributed by atoms with Crippen molar-refractivity contribution in [3.05, 3.63) is 0 Å². The largest absolute Gasteiger partial charge is 0.294 e. The summed E-state index contributed by atoms with van der Waals surface area (Å²) in [6.45, 7) is 4.13. The first-order valence-corrected chi connectivity index (χ1v) is 6.17. The number of nitrogens with zero attached hydrogens (tertiary/aromatic N) is 1. The van der Waals surface area contributed by atoms with Gasteiger partial charge in [-0.2, -0.15) is 4.31 Å². The third kappa shape index (κ3) is 2.03. The number of piperazine rings is 1. The zero-order valence-corrected chi connectivity index (χ0v) is 9.72. The maximum Gasteiger partial charge on any atom is 0.247 e. The molecule has 1 aliphatic heterocycles. The van der Waals surface area contributed by atoms with Crippen LogP contribution in [0.25, 0.3) is 0 Å². The number of sulfonamides is 1. The first-order valence-electron chi connectivity index (χ1n) is 4.56. The fourth-order valence-corrected chi connectivity index (χ4v) is 2.77. The normalized spacial score (nSPS) is 22.6. The number of amides is 2. The quantitative estimate of drug-likeness (QED) is 0.626. The minimum absolute atomic E-state index is 0.128. The van der Waals surface area contributed by atoms with Gasteiger partial charge in [0.2, 0.25) is 21.8 Å². The summed E-state index contributed by atoms with van der Waals surface area (Å²) >= 11 is 0. The van der Waals surface area contributed by atoms with E-state index in [1.54, 1.807) is 0 Å². The van der Waals surface area contributed by atoms with Crippen LogP contribution in [-0.4, -0.2) is 42.4 Å². The lowest BCUT2D eigenvalue weighted by Crippen LogP contribution is -2.65. The van der Waals surface area contributed by atoms with Crippen LogP contribution in [0.4, 0.5) is 0 Å². The second-order valence-corrected chi connectivity index (χ2v) is 6.03. The predicted molar refractivity (Wildman–Crippen MR) is 53.4 cm³/mol. The van der Waals surface area contributed by atoms with Crippen molar-refractivity contribution in [3.63, 3.8) is 0 Å². The maximum atomic E-state index is 11.7. The third-order valence-corrected chi connectivity index (χ3v) is 4.41. The Hall–Kier alpha value is -0.950. The molecule has 0 radical (unpaired) electrons. The van der Waals surface area contributed by atoms with Crippen LogP contribution in [0.5, 0.6) is 0 Å². The summed E-state index contributed by atoms with van der Waals surface area (Å²) in [5.74, 6) is -1.30. The van der Waals surface area contributed by atoms with Crippen LogP contribution < -0.4 is 5.32 Å². The topological polar surface area (TPSA) is 83.6 Å². The van der Waals surface area contributed by atoms with Crippen LogP contribution in [0.15, 0.2) is 0 Å². The van der Waals surface area contributed by atoms with Crippen LogP contribution >= 0.6 is 0 Å². The summed E-state index contributed by atoms with van der Waals surface area (Å²) in [6.07, 6.45) is 0. The van der Waals surface area contributed by atoms with E-state index in [1.165, 1.54) is 20.8 Å². The van der Waals surface area contributed by atoms with E-state index in [0.717, 1.165) is 4.31 Å². The zero-order valence-electron chi connectivity index (χ0n) is 8.90. The van der Waals surface area contributed by atoms with E-state index >= 15 is 0 Å². The van der Waals surface area contributed by atoms with Gasteiger partial charge in [-0.15, -0.1) is 0 Å². The Morgan fingerprint density at radius 2 is 1.93 bits per heavy atom. The minimum Gasteiger partial charge on any atom is -0.294 e. The Morgan fingerprint density at radius 1 is 1.40 bits per heavy atom. The molecule has 0 aromatic rings. The van der Waals surface area contributed by atoms with Crippen molar-refractivity contribution in [2.24, 2.45) is 0 Å². The smallest absolute Gasteiger partial charge is 0.247 e. The van der Waals surface area contributed by atoms with Gasteiger partial charge in [-0.25, -0.2) is 8.42 Å². The lowest BCUT2D eigenvalue weighted by atomic mass is 10.0. The lowest BCUT2D eigenvalue weighted by molar-refractivity contribution is -0.141. The highest BCUT2D eigenvalue weighted by Crippen LogP contribution is 2.21. The summed E-state index contributed by atoms with van der Waals surface area (Å²) in [5.41, 5.74) is -1.21. The number of hydrogen-bond donors (Lipinski definition) is 1. The van der Waals surface area contributed by atoms with Crippen LogP contribution in [0.2, 0.25) is 0 Å². The highest BCUT2D eigenvalue weighted by molar-refractivity contribution is 7.89. The van der Waals surface area contributed by atoms with Crippen molar-refractivity contribution in [1.82, 2.24) is 9.62 Å². The van der Waals surface area contributed by atoms with Gasteiger partial charge in [0.1, 0.15) is 5.54 Å². The van der Waals surface area contributed by atoms with Crippen LogP contribution in [0, 0.1) is 0 Å². The minimum atomic E-state index is -3.54. The van der Waals surface area contributed by atoms with E-state index in [0.29, 0.717) is 0 Å². The Bertz CT molecular complexity index is 399. The highest BCUT2D eigenvalue weighted by Gasteiger charge is 2.46. The third-order valence-electron chi connectivity index (χ3n) is 2.42. The van der Waals surface area contributed by atoms with Gasteiger partial charge in [0.05, 0.1) is 12.3 Å². The number of carbonyl (C=O) groups excluding carboxylic acids is 2. The van der Waals surface area contributed by atoms with Crippen molar-refractivity contribution >= 4 is 21.8 Å². The molecule has 7 heteroatoms. The fourth-order valence-electron chi connectivity index (χ4n) is 1.36. The summed E-state index contributed by atoms with van der Waals surface area (Å²) in [4.78, 5) is 22.6. The fraction of sp³-hybridized carbons (Fsp3) is 0.750. The molecule has 0 unspecified atom stereocenters. The van der Waals surface area contributed by atoms with Crippen LogP contribution in [0.3, 0.4) is 0 Å². The molecule has 0 aliphatic carbocycles. The van der Waals surface area contributed by atoms with Gasteiger partial charge in [-0.1, -0.05) is 0 Å². The van der Waals surface area contributed by atoms with Gasteiger partial charge in [-0.05, 0) is 20.8 Å². The molecule has 0 aromatic heterocycles. The predicted octanol–water partition coefficient (Wildman–Crippen LogP) is -0.927. The second kappa shape index (κ2) is 3.57. The Morgan fingerprint density at radius 3 is 2.40 bits per heavy atom. The molecular weight excluding hydrogens is 220 g/mol. The molecule has 1 aliphatic rings. The van der Waals surface area contributed by atoms with Crippen molar-refractivity contribution in [2.45, 2.75) is 26.3 Å².